The molecule has 4 heterocycles. The van der Waals surface area contributed by atoms with Gasteiger partial charge in [0, 0.05) is 31.6 Å². The Morgan fingerprint density at radius 3 is 2.56 bits per heavy atom. The van der Waals surface area contributed by atoms with Crippen molar-refractivity contribution < 1.29 is 19.1 Å². The van der Waals surface area contributed by atoms with Gasteiger partial charge in [0.15, 0.2) is 5.65 Å². The van der Waals surface area contributed by atoms with Crippen LogP contribution in [0.2, 0.25) is 0 Å². The van der Waals surface area contributed by atoms with Gasteiger partial charge in [-0.2, -0.15) is 0 Å². The molecular formula is C27H31N5O4. The van der Waals surface area contributed by atoms with Crippen molar-refractivity contribution in [3.8, 4) is 0 Å². The van der Waals surface area contributed by atoms with E-state index in [1.807, 2.05) is 61.6 Å². The SMILES string of the molecule is CCOC(=O)c1cc2ccc(N3CCCN(C(=O)OC(C)(C)C)CC3)nc2n2c1nc1ccccc12. The quantitative estimate of drug-likeness (QED) is 0.387. The Kier molecular flexibility index (Phi) is 6.15. The van der Waals surface area contributed by atoms with Gasteiger partial charge in [-0.15, -0.1) is 0 Å². The maximum absolute atomic E-state index is 12.8. The summed E-state index contributed by atoms with van der Waals surface area (Å²) in [5, 5.41) is 0.822. The molecule has 5 rings (SSSR count). The first kappa shape index (κ1) is 23.8. The fraction of sp³-hybridized carbons (Fsp3) is 0.407. The van der Waals surface area contributed by atoms with E-state index < -0.39 is 11.6 Å². The molecule has 0 saturated carbocycles. The minimum Gasteiger partial charge on any atom is -0.462 e. The van der Waals surface area contributed by atoms with Gasteiger partial charge in [-0.05, 0) is 64.4 Å². The van der Waals surface area contributed by atoms with Crippen LogP contribution in [0, 0.1) is 0 Å². The van der Waals surface area contributed by atoms with E-state index in [9.17, 15) is 9.59 Å². The second kappa shape index (κ2) is 9.29. The van der Waals surface area contributed by atoms with Crippen LogP contribution in [0.25, 0.3) is 27.7 Å². The van der Waals surface area contributed by atoms with E-state index in [0.717, 1.165) is 40.9 Å². The number of anilines is 1. The Morgan fingerprint density at radius 2 is 1.78 bits per heavy atom. The highest BCUT2D eigenvalue weighted by Crippen LogP contribution is 2.28. The predicted octanol–water partition coefficient (Wildman–Crippen LogP) is 4.66. The molecule has 188 valence electrons. The number of hydrogen-bond acceptors (Lipinski definition) is 7. The smallest absolute Gasteiger partial charge is 0.410 e. The van der Waals surface area contributed by atoms with Gasteiger partial charge in [-0.25, -0.2) is 19.6 Å². The number of aromatic nitrogens is 3. The van der Waals surface area contributed by atoms with Crippen LogP contribution in [-0.4, -0.2) is 69.7 Å². The molecule has 0 unspecified atom stereocenters. The van der Waals surface area contributed by atoms with Crippen molar-refractivity contribution in [3.63, 3.8) is 0 Å². The Labute approximate surface area is 209 Å². The molecule has 9 heteroatoms. The van der Waals surface area contributed by atoms with Crippen molar-refractivity contribution in [1.82, 2.24) is 19.3 Å². The fourth-order valence-electron chi connectivity index (χ4n) is 4.57. The topological polar surface area (TPSA) is 89.3 Å². The highest BCUT2D eigenvalue weighted by molar-refractivity contribution is 6.03. The van der Waals surface area contributed by atoms with Crippen LogP contribution in [0.5, 0.6) is 0 Å². The summed E-state index contributed by atoms with van der Waals surface area (Å²) in [4.78, 5) is 39.1. The van der Waals surface area contributed by atoms with E-state index in [1.165, 1.54) is 0 Å². The first-order chi connectivity index (χ1) is 17.2. The van der Waals surface area contributed by atoms with Crippen molar-refractivity contribution in [3.05, 3.63) is 48.0 Å². The third-order valence-corrected chi connectivity index (χ3v) is 6.17. The van der Waals surface area contributed by atoms with Crippen molar-refractivity contribution in [2.75, 3.05) is 37.7 Å². The zero-order chi connectivity index (χ0) is 25.4. The van der Waals surface area contributed by atoms with Crippen molar-refractivity contribution in [1.29, 1.82) is 0 Å². The van der Waals surface area contributed by atoms with E-state index in [-0.39, 0.29) is 12.7 Å². The highest BCUT2D eigenvalue weighted by Gasteiger charge is 2.25. The van der Waals surface area contributed by atoms with Gasteiger partial charge in [0.25, 0.3) is 0 Å². The van der Waals surface area contributed by atoms with E-state index in [1.54, 1.807) is 17.9 Å². The number of amides is 1. The lowest BCUT2D eigenvalue weighted by molar-refractivity contribution is 0.0263. The lowest BCUT2D eigenvalue weighted by Gasteiger charge is -2.26. The maximum atomic E-state index is 12.8. The molecule has 1 amide bonds. The number of ether oxygens (including phenoxy) is 2. The molecule has 3 aromatic heterocycles. The number of esters is 1. The van der Waals surface area contributed by atoms with Crippen LogP contribution in [0.15, 0.2) is 42.5 Å². The molecule has 1 aliphatic heterocycles. The van der Waals surface area contributed by atoms with Gasteiger partial charge < -0.3 is 19.3 Å². The number of para-hydroxylation sites is 2. The van der Waals surface area contributed by atoms with Gasteiger partial charge in [-0.3, -0.25) is 4.40 Å². The van der Waals surface area contributed by atoms with E-state index >= 15 is 0 Å². The van der Waals surface area contributed by atoms with E-state index in [4.69, 9.17) is 19.4 Å². The molecule has 0 N–H and O–H groups in total. The summed E-state index contributed by atoms with van der Waals surface area (Å²) in [6.45, 7) is 10.3. The van der Waals surface area contributed by atoms with Crippen LogP contribution >= 0.6 is 0 Å². The molecule has 0 aliphatic carbocycles. The van der Waals surface area contributed by atoms with Gasteiger partial charge in [0.05, 0.1) is 17.6 Å². The third kappa shape index (κ3) is 4.53. The van der Waals surface area contributed by atoms with E-state index in [0.29, 0.717) is 30.8 Å². The number of imidazole rings is 1. The van der Waals surface area contributed by atoms with Gasteiger partial charge >= 0.3 is 12.1 Å². The average molecular weight is 490 g/mol. The number of carbonyl (C=O) groups excluding carboxylic acids is 2. The second-order valence-corrected chi connectivity index (χ2v) is 9.93. The molecule has 4 aromatic rings. The lowest BCUT2D eigenvalue weighted by Crippen LogP contribution is -2.39. The first-order valence-electron chi connectivity index (χ1n) is 12.4. The summed E-state index contributed by atoms with van der Waals surface area (Å²) in [5.41, 5.74) is 2.80. The van der Waals surface area contributed by atoms with Crippen LogP contribution in [-0.2, 0) is 9.47 Å². The lowest BCUT2D eigenvalue weighted by atomic mass is 10.2. The highest BCUT2D eigenvalue weighted by atomic mass is 16.6. The van der Waals surface area contributed by atoms with Gasteiger partial charge in [0.1, 0.15) is 22.6 Å². The fourth-order valence-corrected chi connectivity index (χ4v) is 4.57. The van der Waals surface area contributed by atoms with Crippen LogP contribution in [0.3, 0.4) is 0 Å². The van der Waals surface area contributed by atoms with Crippen LogP contribution < -0.4 is 4.90 Å². The maximum Gasteiger partial charge on any atom is 0.410 e. The number of carbonyl (C=O) groups is 2. The largest absolute Gasteiger partial charge is 0.462 e. The number of fused-ring (bicyclic) bond motifs is 5. The van der Waals surface area contributed by atoms with Crippen molar-refractivity contribution in [2.24, 2.45) is 0 Å². The minimum atomic E-state index is -0.523. The summed E-state index contributed by atoms with van der Waals surface area (Å²) in [6, 6.07) is 13.5. The summed E-state index contributed by atoms with van der Waals surface area (Å²) < 4.78 is 12.8. The average Bonchev–Trinajstić information content (AvgIpc) is 3.04. The molecule has 0 radical (unpaired) electrons. The monoisotopic (exact) mass is 489 g/mol. The number of pyridine rings is 2. The molecule has 1 aliphatic rings. The number of benzene rings is 1. The molecule has 1 aromatic carbocycles. The number of nitrogens with zero attached hydrogens (tertiary/aromatic N) is 5. The third-order valence-electron chi connectivity index (χ3n) is 6.17. The zero-order valence-electron chi connectivity index (χ0n) is 21.2. The molecule has 36 heavy (non-hydrogen) atoms. The molecule has 1 fully saturated rings. The van der Waals surface area contributed by atoms with Crippen molar-refractivity contribution in [2.45, 2.75) is 39.7 Å². The summed E-state index contributed by atoms with van der Waals surface area (Å²) >= 11 is 0. The Balaban J connectivity index is 1.53. The first-order valence-corrected chi connectivity index (χ1v) is 12.4. The van der Waals surface area contributed by atoms with Crippen LogP contribution in [0.1, 0.15) is 44.5 Å². The van der Waals surface area contributed by atoms with E-state index in [2.05, 4.69) is 4.90 Å². The Hall–Kier alpha value is -3.88. The zero-order valence-corrected chi connectivity index (χ0v) is 21.2. The summed E-state index contributed by atoms with van der Waals surface area (Å²) in [6.07, 6.45) is 0.526. The second-order valence-electron chi connectivity index (χ2n) is 9.93. The Bertz CT molecular complexity index is 1460. The summed E-state index contributed by atoms with van der Waals surface area (Å²) in [7, 11) is 0. The molecule has 9 nitrogen and oxygen atoms in total. The molecule has 0 bridgehead atoms. The van der Waals surface area contributed by atoms with Gasteiger partial charge in [-0.1, -0.05) is 12.1 Å². The standard InChI is InChI=1S/C27H31N5O4/c1-5-35-25(33)19-17-18-11-12-22(29-23(18)32-21-10-7-6-9-20(21)28-24(19)32)30-13-8-14-31(16-15-30)26(34)36-27(2,3)4/h6-7,9-12,17H,5,8,13-16H2,1-4H3. The number of hydrogen-bond donors (Lipinski definition) is 0. The molecule has 1 saturated heterocycles. The molecule has 0 atom stereocenters. The normalized spacial score (nSPS) is 14.9. The summed E-state index contributed by atoms with van der Waals surface area (Å²) in [5.74, 6) is 0.412. The number of rotatable bonds is 3. The van der Waals surface area contributed by atoms with Gasteiger partial charge in [0.2, 0.25) is 0 Å². The van der Waals surface area contributed by atoms with Crippen molar-refractivity contribution >= 4 is 45.6 Å². The molecular weight excluding hydrogens is 458 g/mol. The predicted molar refractivity (Wildman–Crippen MR) is 139 cm³/mol. The Morgan fingerprint density at radius 1 is 0.972 bits per heavy atom. The molecule has 0 spiro atoms. The van der Waals surface area contributed by atoms with Crippen LogP contribution in [0.4, 0.5) is 10.6 Å². The minimum absolute atomic E-state index is 0.283.